The smallest absolute Gasteiger partial charge is 0.297 e. The van der Waals surface area contributed by atoms with Gasteiger partial charge in [-0.2, -0.15) is 4.98 Å². The number of thiazole rings is 1. The van der Waals surface area contributed by atoms with Crippen LogP contribution in [0.15, 0.2) is 18.2 Å². The summed E-state index contributed by atoms with van der Waals surface area (Å²) in [7, 11) is -4.00. The highest BCUT2D eigenvalue weighted by Gasteiger charge is 2.63. The molecule has 0 radical (unpaired) electrons. The van der Waals surface area contributed by atoms with Gasteiger partial charge in [0.05, 0.1) is 28.5 Å². The molecule has 13 nitrogen and oxygen atoms in total. The summed E-state index contributed by atoms with van der Waals surface area (Å²) < 4.78 is 38.0. The van der Waals surface area contributed by atoms with Gasteiger partial charge in [-0.3, -0.25) is 23.7 Å². The third kappa shape index (κ3) is 8.41. The number of amides is 3. The number of hydrogen-bond acceptors (Lipinski definition) is 10. The standard InChI is InChI=1S/C44H65N7O6S2/c1-9-28-24-44(28)40(54)49-59(55,56)43(21-22-43)20-15-13-11-10-12-14-19-33-34(26(2)3)46-38(58-33)30-17-16-18-31-35(30)47-41(51(31)27(4)5)57-29-23-32(37(52)48-44)50(25-29)39(53)36(45)42(6,7)8/h16-18,26-29,32,36H,9-15,19-25,45H2,1-8H3,(H,48,52)(H,49,54)/t28-,29-,32+,36-,44-/m1/s1. The number of sulfonamides is 1. The van der Waals surface area contributed by atoms with Gasteiger partial charge >= 0.3 is 0 Å². The van der Waals surface area contributed by atoms with Crippen molar-refractivity contribution >= 4 is 50.1 Å². The number of imidazole rings is 1. The highest BCUT2D eigenvalue weighted by atomic mass is 32.2. The Balaban J connectivity index is 1.26. The molecule has 2 saturated carbocycles. The van der Waals surface area contributed by atoms with E-state index in [9.17, 15) is 22.8 Å². The number of carbonyl (C=O) groups is 3. The molecular formula is C44H65N7O6S2. The largest absolute Gasteiger partial charge is 0.459 e. The molecule has 3 amide bonds. The molecule has 4 aliphatic rings. The second-order valence-corrected chi connectivity index (χ2v) is 22.5. The van der Waals surface area contributed by atoms with Crippen LogP contribution in [0.25, 0.3) is 21.6 Å². The number of aromatic nitrogens is 3. The zero-order valence-corrected chi connectivity index (χ0v) is 37.9. The molecule has 324 valence electrons. The number of likely N-dealkylation sites (tertiary alicyclic amines) is 1. The summed E-state index contributed by atoms with van der Waals surface area (Å²) in [6.07, 6.45) is 8.80. The maximum atomic E-state index is 14.5. The van der Waals surface area contributed by atoms with Gasteiger partial charge in [0, 0.05) is 22.9 Å². The van der Waals surface area contributed by atoms with E-state index in [4.69, 9.17) is 20.4 Å². The maximum absolute atomic E-state index is 14.5. The molecule has 6 bridgehead atoms. The lowest BCUT2D eigenvalue weighted by Gasteiger charge is -2.33. The van der Waals surface area contributed by atoms with E-state index in [1.165, 1.54) is 9.78 Å². The first-order chi connectivity index (χ1) is 27.8. The molecule has 1 aromatic carbocycles. The van der Waals surface area contributed by atoms with Crippen LogP contribution in [0.3, 0.4) is 0 Å². The lowest BCUT2D eigenvalue weighted by Crippen LogP contribution is -2.59. The summed E-state index contributed by atoms with van der Waals surface area (Å²) in [6, 6.07) is 4.56. The summed E-state index contributed by atoms with van der Waals surface area (Å²) in [6.45, 7) is 16.1. The summed E-state index contributed by atoms with van der Waals surface area (Å²) >= 11 is 1.74. The van der Waals surface area contributed by atoms with Gasteiger partial charge in [-0.05, 0) is 81.8 Å². The van der Waals surface area contributed by atoms with Crippen molar-refractivity contribution in [3.63, 3.8) is 0 Å². The number of benzene rings is 1. The van der Waals surface area contributed by atoms with Crippen LogP contribution in [-0.4, -0.2) is 80.6 Å². The molecule has 0 unspecified atom stereocenters. The molecule has 2 aliphatic carbocycles. The number of nitrogens with zero attached hydrogens (tertiary/aromatic N) is 4. The normalized spacial score (nSPS) is 27.0. The van der Waals surface area contributed by atoms with Crippen LogP contribution in [0, 0.1) is 11.3 Å². The number of carbonyl (C=O) groups excluding carboxylic acids is 3. The zero-order valence-electron chi connectivity index (χ0n) is 36.2. The zero-order chi connectivity index (χ0) is 42.7. The molecule has 4 N–H and O–H groups in total. The van der Waals surface area contributed by atoms with Crippen molar-refractivity contribution < 1.29 is 27.5 Å². The molecule has 2 spiro atoms. The Morgan fingerprint density at radius 2 is 1.73 bits per heavy atom. The van der Waals surface area contributed by atoms with Crippen molar-refractivity contribution in [3.05, 3.63) is 28.8 Å². The van der Waals surface area contributed by atoms with E-state index in [0.717, 1.165) is 72.2 Å². The van der Waals surface area contributed by atoms with Gasteiger partial charge in [0.15, 0.2) is 0 Å². The maximum Gasteiger partial charge on any atom is 0.297 e. The van der Waals surface area contributed by atoms with E-state index >= 15 is 0 Å². The number of ether oxygens (including phenoxy) is 1. The van der Waals surface area contributed by atoms with Crippen LogP contribution in [0.5, 0.6) is 6.01 Å². The molecule has 2 aromatic heterocycles. The van der Waals surface area contributed by atoms with Gasteiger partial charge in [-0.15, -0.1) is 11.3 Å². The number of nitrogens with one attached hydrogen (secondary N) is 2. The van der Waals surface area contributed by atoms with Crippen LogP contribution < -0.4 is 20.5 Å². The van der Waals surface area contributed by atoms with Gasteiger partial charge in [-0.1, -0.05) is 86.1 Å². The van der Waals surface area contributed by atoms with Gasteiger partial charge in [0.1, 0.15) is 28.2 Å². The van der Waals surface area contributed by atoms with Crippen LogP contribution in [0.2, 0.25) is 0 Å². The van der Waals surface area contributed by atoms with Gasteiger partial charge in [0.25, 0.3) is 11.9 Å². The van der Waals surface area contributed by atoms with Crippen molar-refractivity contribution in [1.82, 2.24) is 29.5 Å². The molecular weight excluding hydrogens is 787 g/mol. The number of nitrogens with two attached hydrogens (primary N) is 1. The first-order valence-electron chi connectivity index (χ1n) is 21.9. The topological polar surface area (TPSA) is 179 Å². The van der Waals surface area contributed by atoms with Crippen molar-refractivity contribution in [2.45, 2.75) is 179 Å². The Morgan fingerprint density at radius 1 is 1.03 bits per heavy atom. The van der Waals surface area contributed by atoms with E-state index < -0.39 is 61.6 Å². The second-order valence-electron chi connectivity index (χ2n) is 19.3. The summed E-state index contributed by atoms with van der Waals surface area (Å²) in [5, 5.41) is 3.91. The fourth-order valence-corrected chi connectivity index (χ4v) is 12.2. The van der Waals surface area contributed by atoms with Gasteiger partial charge < -0.3 is 20.7 Å². The first kappa shape index (κ1) is 43.5. The lowest BCUT2D eigenvalue weighted by molar-refractivity contribution is -0.142. The molecule has 3 fully saturated rings. The van der Waals surface area contributed by atoms with Crippen LogP contribution >= 0.6 is 11.3 Å². The minimum Gasteiger partial charge on any atom is -0.459 e. The van der Waals surface area contributed by atoms with Crippen molar-refractivity contribution in [2.24, 2.45) is 17.1 Å². The fraction of sp³-hybridized carbons (Fsp3) is 0.705. The second kappa shape index (κ2) is 16.4. The highest BCUT2D eigenvalue weighted by molar-refractivity contribution is 7.91. The minimum absolute atomic E-state index is 0.0304. The van der Waals surface area contributed by atoms with Crippen LogP contribution in [0.1, 0.15) is 155 Å². The number of fused-ring (bicyclic) bond motifs is 6. The SMILES string of the molecule is CC[C@@H]1C[C@@]12NC(=O)[C@@H]1C[C@H](CN1C(=O)[C@@H](N)C(C)(C)C)Oc1nc3c(cccc3n1C(C)C)-c1nc(C(C)C)c(s1)CCCCCCCCC1(CC1)S(=O)(=O)NC2=O. The van der Waals surface area contributed by atoms with Crippen LogP contribution in [0.4, 0.5) is 0 Å². The quantitative estimate of drug-likeness (QED) is 0.246. The van der Waals surface area contributed by atoms with E-state index in [2.05, 4.69) is 43.8 Å². The number of para-hydroxylation sites is 1. The van der Waals surface area contributed by atoms with E-state index in [1.54, 1.807) is 11.3 Å². The summed E-state index contributed by atoms with van der Waals surface area (Å²) in [5.41, 5.74) is 8.29. The third-order valence-electron chi connectivity index (χ3n) is 13.3. The molecule has 2 aliphatic heterocycles. The Morgan fingerprint density at radius 3 is 2.36 bits per heavy atom. The highest BCUT2D eigenvalue weighted by Crippen LogP contribution is 2.50. The Bertz CT molecular complexity index is 2190. The summed E-state index contributed by atoms with van der Waals surface area (Å²) in [5.74, 6) is -1.61. The molecule has 59 heavy (non-hydrogen) atoms. The molecule has 5 atom stereocenters. The molecule has 3 aromatic rings. The lowest BCUT2D eigenvalue weighted by atomic mass is 9.86. The van der Waals surface area contributed by atoms with E-state index in [1.807, 2.05) is 44.4 Å². The molecule has 15 heteroatoms. The predicted octanol–water partition coefficient (Wildman–Crippen LogP) is 7.14. The van der Waals surface area contributed by atoms with Gasteiger partial charge in [-0.25, -0.2) is 13.4 Å². The van der Waals surface area contributed by atoms with E-state index in [-0.39, 0.29) is 30.8 Å². The van der Waals surface area contributed by atoms with Crippen LogP contribution in [-0.2, 0) is 30.8 Å². The van der Waals surface area contributed by atoms with Crippen molar-refractivity contribution in [1.29, 1.82) is 0 Å². The summed E-state index contributed by atoms with van der Waals surface area (Å²) in [4.78, 5) is 55.8. The first-order valence-corrected chi connectivity index (χ1v) is 24.2. The molecule has 1 saturated heterocycles. The number of rotatable bonds is 4. The average Bonchev–Trinajstić information content (AvgIpc) is 3.94. The van der Waals surface area contributed by atoms with E-state index in [0.29, 0.717) is 38.1 Å². The Hall–Kier alpha value is -3.56. The molecule has 7 rings (SSSR count). The number of aryl methyl sites for hydroxylation is 1. The number of hydrogen-bond donors (Lipinski definition) is 3. The van der Waals surface area contributed by atoms with Gasteiger partial charge in [0.2, 0.25) is 21.8 Å². The van der Waals surface area contributed by atoms with Crippen molar-refractivity contribution in [3.8, 4) is 16.6 Å². The van der Waals surface area contributed by atoms with Crippen molar-refractivity contribution in [2.75, 3.05) is 6.54 Å². The predicted molar refractivity (Wildman–Crippen MR) is 232 cm³/mol. The Labute approximate surface area is 354 Å². The average molecular weight is 852 g/mol. The fourth-order valence-electron chi connectivity index (χ4n) is 9.20. The third-order valence-corrected chi connectivity index (χ3v) is 16.6. The Kier molecular flexibility index (Phi) is 12.1. The minimum atomic E-state index is -4.00. The monoisotopic (exact) mass is 851 g/mol. The molecule has 4 heterocycles.